The summed E-state index contributed by atoms with van der Waals surface area (Å²) in [5, 5.41) is 2.28. The second-order valence-corrected chi connectivity index (χ2v) is 7.36. The van der Waals surface area contributed by atoms with Gasteiger partial charge >= 0.3 is 0 Å². The van der Waals surface area contributed by atoms with Crippen molar-refractivity contribution in [1.82, 2.24) is 9.55 Å². The molecule has 5 aromatic rings. The largest absolute Gasteiger partial charge is 0.497 e. The van der Waals surface area contributed by atoms with E-state index in [1.165, 1.54) is 5.56 Å². The molecule has 0 spiro atoms. The van der Waals surface area contributed by atoms with Crippen LogP contribution in [0.25, 0.3) is 51.4 Å². The highest BCUT2D eigenvalue weighted by Crippen LogP contribution is 2.35. The van der Waals surface area contributed by atoms with Gasteiger partial charge in [-0.25, -0.2) is 4.98 Å². The van der Waals surface area contributed by atoms with Crippen LogP contribution in [0.2, 0.25) is 0 Å². The normalized spacial score (nSPS) is 11.4. The Morgan fingerprint density at radius 3 is 2.39 bits per heavy atom. The molecule has 0 saturated carbocycles. The van der Waals surface area contributed by atoms with Crippen LogP contribution in [0.3, 0.4) is 0 Å². The van der Waals surface area contributed by atoms with Gasteiger partial charge in [-0.15, -0.1) is 0 Å². The van der Waals surface area contributed by atoms with E-state index in [0.717, 1.165) is 44.4 Å². The van der Waals surface area contributed by atoms with E-state index >= 15 is 0 Å². The van der Waals surface area contributed by atoms with Crippen molar-refractivity contribution in [3.05, 3.63) is 103 Å². The lowest BCUT2D eigenvalue weighted by molar-refractivity contribution is 0.415. The van der Waals surface area contributed by atoms with E-state index < -0.39 is 0 Å². The number of hydrogen-bond donors (Lipinski definition) is 0. The maximum Gasteiger partial charge on any atom is 0.145 e. The fourth-order valence-electron chi connectivity index (χ4n) is 4.02. The fourth-order valence-corrected chi connectivity index (χ4v) is 4.02. The number of nitrogens with zero attached hydrogens (tertiary/aromatic N) is 2. The van der Waals surface area contributed by atoms with Crippen molar-refractivity contribution >= 4 is 40.3 Å². The third-order valence-corrected chi connectivity index (χ3v) is 5.58. The maximum atomic E-state index is 5.30. The Kier molecular flexibility index (Phi) is 4.85. The van der Waals surface area contributed by atoms with Gasteiger partial charge in [0.15, 0.2) is 0 Å². The van der Waals surface area contributed by atoms with Crippen molar-refractivity contribution in [2.45, 2.75) is 0 Å². The number of fused-ring (bicyclic) bond motifs is 3. The third kappa shape index (κ3) is 3.40. The molecule has 3 nitrogen and oxygen atoms in total. The van der Waals surface area contributed by atoms with Crippen LogP contribution >= 0.6 is 0 Å². The zero-order chi connectivity index (χ0) is 21.2. The summed E-state index contributed by atoms with van der Waals surface area (Å²) < 4.78 is 7.36. The number of hydrogen-bond acceptors (Lipinski definition) is 2. The molecule has 0 radical (unpaired) electrons. The number of aromatic nitrogens is 2. The van der Waals surface area contributed by atoms with Crippen molar-refractivity contribution in [3.8, 4) is 16.9 Å². The van der Waals surface area contributed by atoms with E-state index in [0.29, 0.717) is 0 Å². The van der Waals surface area contributed by atoms with E-state index in [-0.39, 0.29) is 0 Å². The second-order valence-electron chi connectivity index (χ2n) is 7.36. The number of ether oxygens (including phenoxy) is 1. The Hall–Kier alpha value is -4.11. The van der Waals surface area contributed by atoms with Crippen molar-refractivity contribution in [2.75, 3.05) is 7.11 Å². The zero-order valence-corrected chi connectivity index (χ0v) is 17.3. The summed E-state index contributed by atoms with van der Waals surface area (Å²) in [4.78, 5) is 4.67. The van der Waals surface area contributed by atoms with Crippen LogP contribution in [0.5, 0.6) is 5.75 Å². The van der Waals surface area contributed by atoms with E-state index in [4.69, 9.17) is 4.74 Å². The number of pyridine rings is 1. The molecule has 0 aliphatic rings. The van der Waals surface area contributed by atoms with Gasteiger partial charge in [-0.2, -0.15) is 0 Å². The summed E-state index contributed by atoms with van der Waals surface area (Å²) in [5.74, 6) is 0.852. The summed E-state index contributed by atoms with van der Waals surface area (Å²) in [6.45, 7) is 4.02. The molecule has 31 heavy (non-hydrogen) atoms. The molecule has 0 amide bonds. The average Bonchev–Trinajstić information content (AvgIpc) is 3.17. The number of benzene rings is 3. The van der Waals surface area contributed by atoms with Crippen LogP contribution in [-0.2, 0) is 0 Å². The third-order valence-electron chi connectivity index (χ3n) is 5.58. The molecule has 0 unspecified atom stereocenters. The zero-order valence-electron chi connectivity index (χ0n) is 17.3. The highest BCUT2D eigenvalue weighted by molar-refractivity contribution is 6.13. The molecule has 0 aliphatic carbocycles. The maximum absolute atomic E-state index is 5.30. The molecule has 0 fully saturated rings. The first-order valence-electron chi connectivity index (χ1n) is 10.2. The van der Waals surface area contributed by atoms with E-state index in [2.05, 4.69) is 76.8 Å². The molecule has 0 saturated heterocycles. The van der Waals surface area contributed by atoms with Gasteiger partial charge in [0.05, 0.1) is 12.6 Å². The monoisotopic (exact) mass is 402 g/mol. The minimum atomic E-state index is 0.852. The Morgan fingerprint density at radius 2 is 1.65 bits per heavy atom. The van der Waals surface area contributed by atoms with E-state index in [1.807, 2.05) is 42.7 Å². The lowest BCUT2D eigenvalue weighted by Gasteiger charge is -2.05. The minimum Gasteiger partial charge on any atom is -0.497 e. The topological polar surface area (TPSA) is 27.1 Å². The highest BCUT2D eigenvalue weighted by Gasteiger charge is 2.14. The van der Waals surface area contributed by atoms with Gasteiger partial charge in [-0.05, 0) is 52.6 Å². The van der Waals surface area contributed by atoms with Gasteiger partial charge < -0.3 is 9.30 Å². The van der Waals surface area contributed by atoms with Crippen LogP contribution < -0.4 is 4.74 Å². The quantitative estimate of drug-likeness (QED) is 0.312. The van der Waals surface area contributed by atoms with Gasteiger partial charge in [-0.1, -0.05) is 67.3 Å². The first-order valence-corrected chi connectivity index (χ1v) is 10.2. The SMILES string of the molecule is C=Cn1c2ccc(-c3ccc(OC)cc3)cc2c2c(C=Cc3ccccc3)ccnc21. The average molecular weight is 402 g/mol. The number of rotatable bonds is 5. The molecule has 2 heterocycles. The van der Waals surface area contributed by atoms with Gasteiger partial charge in [-0.3, -0.25) is 0 Å². The first kappa shape index (κ1) is 18.9. The molecule has 0 atom stereocenters. The second kappa shape index (κ2) is 7.96. The summed E-state index contributed by atoms with van der Waals surface area (Å²) in [5.41, 5.74) is 6.60. The van der Waals surface area contributed by atoms with Gasteiger partial charge in [0.2, 0.25) is 0 Å². The standard InChI is InChI=1S/C28H22N2O/c1-3-30-26-16-13-23(21-11-14-24(31-2)15-12-21)19-25(26)27-22(17-18-29-28(27)30)10-9-20-7-5-4-6-8-20/h3-19H,1H2,2H3. The van der Waals surface area contributed by atoms with Crippen LogP contribution in [0.15, 0.2) is 91.6 Å². The van der Waals surface area contributed by atoms with Crippen molar-refractivity contribution < 1.29 is 4.74 Å². The summed E-state index contributed by atoms with van der Waals surface area (Å²) in [6, 6.07) is 27.1. The molecular formula is C28H22N2O. The molecule has 0 N–H and O–H groups in total. The van der Waals surface area contributed by atoms with Crippen molar-refractivity contribution in [2.24, 2.45) is 0 Å². The van der Waals surface area contributed by atoms with Gasteiger partial charge in [0.1, 0.15) is 11.4 Å². The molecule has 5 rings (SSSR count). The van der Waals surface area contributed by atoms with Crippen molar-refractivity contribution in [3.63, 3.8) is 0 Å². The van der Waals surface area contributed by atoms with E-state index in [9.17, 15) is 0 Å². The Balaban J connectivity index is 1.71. The smallest absolute Gasteiger partial charge is 0.145 e. The first-order chi connectivity index (χ1) is 15.3. The minimum absolute atomic E-state index is 0.852. The summed E-state index contributed by atoms with van der Waals surface area (Å²) >= 11 is 0. The molecule has 0 bridgehead atoms. The molecule has 2 aromatic heterocycles. The summed E-state index contributed by atoms with van der Waals surface area (Å²) in [6.07, 6.45) is 7.98. The predicted molar refractivity (Wildman–Crippen MR) is 131 cm³/mol. The van der Waals surface area contributed by atoms with Crippen LogP contribution in [0.1, 0.15) is 11.1 Å². The molecule has 150 valence electrons. The fraction of sp³-hybridized carbons (Fsp3) is 0.0357. The summed E-state index contributed by atoms with van der Waals surface area (Å²) in [7, 11) is 1.68. The van der Waals surface area contributed by atoms with E-state index in [1.54, 1.807) is 7.11 Å². The molecule has 3 aromatic carbocycles. The Bertz CT molecular complexity index is 1410. The molecular weight excluding hydrogens is 380 g/mol. The Morgan fingerprint density at radius 1 is 0.871 bits per heavy atom. The van der Waals surface area contributed by atoms with Crippen LogP contribution in [-0.4, -0.2) is 16.7 Å². The Labute approximate surface area is 181 Å². The van der Waals surface area contributed by atoms with Crippen molar-refractivity contribution in [1.29, 1.82) is 0 Å². The molecule has 0 aliphatic heterocycles. The predicted octanol–water partition coefficient (Wildman–Crippen LogP) is 7.14. The van der Waals surface area contributed by atoms with Gasteiger partial charge in [0.25, 0.3) is 0 Å². The van der Waals surface area contributed by atoms with Crippen LogP contribution in [0, 0.1) is 0 Å². The number of methoxy groups -OCH3 is 1. The lowest BCUT2D eigenvalue weighted by atomic mass is 10.0. The van der Waals surface area contributed by atoms with Gasteiger partial charge in [0, 0.05) is 23.2 Å². The highest BCUT2D eigenvalue weighted by atomic mass is 16.5. The van der Waals surface area contributed by atoms with Crippen LogP contribution in [0.4, 0.5) is 0 Å². The lowest BCUT2D eigenvalue weighted by Crippen LogP contribution is -1.87. The molecule has 3 heteroatoms.